The van der Waals surface area contributed by atoms with Crippen LogP contribution in [0.1, 0.15) is 60.2 Å². The molecule has 0 radical (unpaired) electrons. The quantitative estimate of drug-likeness (QED) is 0.238. The van der Waals surface area contributed by atoms with Gasteiger partial charge in [-0.1, -0.05) is 23.7 Å². The number of halogens is 1. The molecule has 12 heteroatoms. The predicted molar refractivity (Wildman–Crippen MR) is 131 cm³/mol. The first-order valence-electron chi connectivity index (χ1n) is 11.9. The van der Waals surface area contributed by atoms with Crippen molar-refractivity contribution in [3.05, 3.63) is 34.1 Å². The molecule has 0 amide bonds. The Morgan fingerprint density at radius 1 is 1.27 bits per heavy atom. The van der Waals surface area contributed by atoms with Gasteiger partial charge < -0.3 is 34.3 Å². The Morgan fingerprint density at radius 3 is 2.68 bits per heavy atom. The minimum atomic E-state index is -1.62. The Morgan fingerprint density at radius 2 is 2.03 bits per heavy atom. The molecule has 1 saturated heterocycles. The summed E-state index contributed by atoms with van der Waals surface area (Å²) in [7, 11) is 2.67. The number of methoxy groups -OCH3 is 2. The molecule has 4 atom stereocenters. The number of oxime groups is 1. The number of carbonyl (C=O) groups is 3. The Bertz CT molecular complexity index is 1180. The van der Waals surface area contributed by atoms with Gasteiger partial charge in [0, 0.05) is 25.0 Å². The summed E-state index contributed by atoms with van der Waals surface area (Å²) >= 11 is 6.54. The monoisotopic (exact) mass is 536 g/mol. The molecule has 1 spiro atoms. The van der Waals surface area contributed by atoms with Crippen molar-refractivity contribution in [3.63, 3.8) is 0 Å². The van der Waals surface area contributed by atoms with E-state index in [1.165, 1.54) is 26.4 Å². The van der Waals surface area contributed by atoms with Gasteiger partial charge in [0.2, 0.25) is 11.4 Å². The van der Waals surface area contributed by atoms with Crippen LogP contribution < -0.4 is 15.2 Å². The normalized spacial score (nSPS) is 26.3. The minimum absolute atomic E-state index is 0.0331. The number of ether oxygens (including phenoxy) is 5. The van der Waals surface area contributed by atoms with Crippen LogP contribution in [0.4, 0.5) is 0 Å². The van der Waals surface area contributed by atoms with E-state index >= 15 is 0 Å². The molecular weight excluding hydrogens is 508 g/mol. The third kappa shape index (κ3) is 4.78. The molecule has 2 N–H and O–H groups in total. The lowest BCUT2D eigenvalue weighted by molar-refractivity contribution is -0.171. The molecule has 1 aromatic rings. The Hall–Kier alpha value is -3.15. The molecule has 3 aliphatic rings. The van der Waals surface area contributed by atoms with Crippen molar-refractivity contribution in [2.75, 3.05) is 20.8 Å². The lowest BCUT2D eigenvalue weighted by atomic mass is 9.75. The SMILES string of the molecule is COC1=CC(=O)C[C@@H](C)[C@]12Oc1c(Cl)c(C(=O)O/N=C(\N)C(C)OC3CCCCO3)cc(OC)c1C2=O. The first-order valence-corrected chi connectivity index (χ1v) is 12.3. The van der Waals surface area contributed by atoms with Gasteiger partial charge in [-0.3, -0.25) is 9.59 Å². The Kier molecular flexibility index (Phi) is 7.77. The molecule has 0 saturated carbocycles. The van der Waals surface area contributed by atoms with E-state index in [-0.39, 0.29) is 51.4 Å². The number of allylic oxidation sites excluding steroid dienone is 1. The van der Waals surface area contributed by atoms with Gasteiger partial charge in [0.1, 0.15) is 17.4 Å². The van der Waals surface area contributed by atoms with Crippen molar-refractivity contribution in [2.24, 2.45) is 16.8 Å². The molecule has 0 bridgehead atoms. The van der Waals surface area contributed by atoms with E-state index in [2.05, 4.69) is 5.16 Å². The van der Waals surface area contributed by atoms with Gasteiger partial charge >= 0.3 is 5.97 Å². The van der Waals surface area contributed by atoms with Crippen molar-refractivity contribution in [3.8, 4) is 11.5 Å². The van der Waals surface area contributed by atoms with E-state index in [1.807, 2.05) is 0 Å². The fourth-order valence-electron chi connectivity index (χ4n) is 4.66. The third-order valence-corrected chi connectivity index (χ3v) is 7.05. The molecule has 1 fully saturated rings. The molecule has 11 nitrogen and oxygen atoms in total. The van der Waals surface area contributed by atoms with Gasteiger partial charge in [0.05, 0.1) is 24.8 Å². The number of fused-ring (bicyclic) bond motifs is 1. The maximum Gasteiger partial charge on any atom is 0.367 e. The summed E-state index contributed by atoms with van der Waals surface area (Å²) in [4.78, 5) is 43.7. The van der Waals surface area contributed by atoms with Crippen molar-refractivity contribution < 1.29 is 42.9 Å². The van der Waals surface area contributed by atoms with Crippen LogP contribution in [0.3, 0.4) is 0 Å². The molecule has 1 aliphatic carbocycles. The van der Waals surface area contributed by atoms with Crippen LogP contribution in [0.2, 0.25) is 5.02 Å². The highest BCUT2D eigenvalue weighted by molar-refractivity contribution is 6.36. The van der Waals surface area contributed by atoms with Crippen molar-refractivity contribution in [1.29, 1.82) is 0 Å². The molecule has 0 aromatic heterocycles. The van der Waals surface area contributed by atoms with Gasteiger partial charge in [-0.15, -0.1) is 0 Å². The second-order valence-electron chi connectivity index (χ2n) is 9.06. The van der Waals surface area contributed by atoms with Crippen LogP contribution in [0, 0.1) is 5.92 Å². The van der Waals surface area contributed by atoms with Crippen LogP contribution in [0.25, 0.3) is 0 Å². The summed E-state index contributed by atoms with van der Waals surface area (Å²) in [6, 6.07) is 1.26. The number of rotatable bonds is 7. The Labute approximate surface area is 218 Å². The largest absolute Gasteiger partial charge is 0.496 e. The number of hydrogen-bond donors (Lipinski definition) is 1. The lowest BCUT2D eigenvalue weighted by Crippen LogP contribution is -2.51. The summed E-state index contributed by atoms with van der Waals surface area (Å²) in [6.07, 6.45) is 2.89. The van der Waals surface area contributed by atoms with Crippen LogP contribution in [0.15, 0.2) is 23.1 Å². The minimum Gasteiger partial charge on any atom is -0.496 e. The number of nitrogens with two attached hydrogens (primary N) is 1. The van der Waals surface area contributed by atoms with E-state index in [0.717, 1.165) is 19.3 Å². The van der Waals surface area contributed by atoms with E-state index in [1.54, 1.807) is 13.8 Å². The van der Waals surface area contributed by atoms with Gasteiger partial charge in [-0.25, -0.2) is 4.79 Å². The van der Waals surface area contributed by atoms with Crippen molar-refractivity contribution >= 4 is 35.0 Å². The zero-order chi connectivity index (χ0) is 26.9. The fraction of sp³-hybridized carbons (Fsp3) is 0.520. The number of benzene rings is 1. The maximum absolute atomic E-state index is 13.7. The number of amidine groups is 1. The lowest BCUT2D eigenvalue weighted by Gasteiger charge is -2.36. The maximum atomic E-state index is 13.7. The Balaban J connectivity index is 1.60. The highest BCUT2D eigenvalue weighted by atomic mass is 35.5. The van der Waals surface area contributed by atoms with Gasteiger partial charge in [-0.05, 0) is 32.3 Å². The van der Waals surface area contributed by atoms with E-state index < -0.39 is 35.7 Å². The summed E-state index contributed by atoms with van der Waals surface area (Å²) in [6.45, 7) is 3.96. The van der Waals surface area contributed by atoms with E-state index in [0.29, 0.717) is 6.61 Å². The van der Waals surface area contributed by atoms with Crippen LogP contribution in [-0.2, 0) is 23.8 Å². The summed E-state index contributed by atoms with van der Waals surface area (Å²) in [5.74, 6) is -2.29. The zero-order valence-electron chi connectivity index (χ0n) is 21.0. The highest BCUT2D eigenvalue weighted by Gasteiger charge is 2.60. The van der Waals surface area contributed by atoms with Gasteiger partial charge in [0.15, 0.2) is 29.4 Å². The second kappa shape index (κ2) is 10.7. The van der Waals surface area contributed by atoms with Crippen LogP contribution in [0.5, 0.6) is 11.5 Å². The standard InChI is InChI=1S/C25H29ClN2O9/c1-12-9-14(29)10-17(33-4)25(12)22(30)19-16(32-3)11-15(20(26)21(19)36-25)24(31)37-28-23(27)13(2)35-18-7-5-6-8-34-18/h10-13,18H,5-9H2,1-4H3,(H2,27,28)/t12-,13?,18?,25+/m1/s1. The molecular formula is C25H29ClN2O9. The average Bonchev–Trinajstić information content (AvgIpc) is 3.20. The summed E-state index contributed by atoms with van der Waals surface area (Å²) in [5.41, 5.74) is 4.18. The average molecular weight is 537 g/mol. The number of hydrogen-bond acceptors (Lipinski definition) is 10. The third-order valence-electron chi connectivity index (χ3n) is 6.68. The number of Topliss-reactive ketones (excluding diaryl/α,β-unsaturated/α-hetero) is 1. The van der Waals surface area contributed by atoms with Crippen LogP contribution in [-0.4, -0.2) is 62.2 Å². The van der Waals surface area contributed by atoms with Crippen LogP contribution >= 0.6 is 11.6 Å². The topological polar surface area (TPSA) is 145 Å². The molecule has 4 rings (SSSR count). The molecule has 2 heterocycles. The number of nitrogens with zero attached hydrogens (tertiary/aromatic N) is 1. The first-order chi connectivity index (χ1) is 17.6. The van der Waals surface area contributed by atoms with Gasteiger partial charge in [-0.2, -0.15) is 0 Å². The fourth-order valence-corrected chi connectivity index (χ4v) is 4.92. The molecule has 37 heavy (non-hydrogen) atoms. The molecule has 2 unspecified atom stereocenters. The second-order valence-corrected chi connectivity index (χ2v) is 9.44. The smallest absolute Gasteiger partial charge is 0.367 e. The number of carbonyl (C=O) groups excluding carboxylic acids is 3. The van der Waals surface area contributed by atoms with Crippen molar-refractivity contribution in [2.45, 2.75) is 57.5 Å². The molecule has 2 aliphatic heterocycles. The van der Waals surface area contributed by atoms with Gasteiger partial charge in [0.25, 0.3) is 0 Å². The summed E-state index contributed by atoms with van der Waals surface area (Å²) in [5, 5.41) is 3.51. The zero-order valence-corrected chi connectivity index (χ0v) is 21.8. The van der Waals surface area contributed by atoms with Crippen molar-refractivity contribution in [1.82, 2.24) is 0 Å². The van der Waals surface area contributed by atoms with E-state index in [9.17, 15) is 14.4 Å². The van der Waals surface area contributed by atoms with E-state index in [4.69, 9.17) is 45.9 Å². The summed E-state index contributed by atoms with van der Waals surface area (Å²) < 4.78 is 28.1. The highest BCUT2D eigenvalue weighted by Crippen LogP contribution is 2.53. The number of ketones is 2. The first kappa shape index (κ1) is 26.9. The molecule has 200 valence electrons. The molecule has 1 aromatic carbocycles. The predicted octanol–water partition coefficient (Wildman–Crippen LogP) is 3.16.